The molecule has 90 valence electrons. The Morgan fingerprint density at radius 2 is 2.00 bits per heavy atom. The molecule has 0 aliphatic carbocycles. The van der Waals surface area contributed by atoms with Crippen LogP contribution in [0.1, 0.15) is 46.8 Å². The molecule has 0 aliphatic rings. The average molecular weight is 239 g/mol. The van der Waals surface area contributed by atoms with Crippen molar-refractivity contribution in [1.82, 2.24) is 5.32 Å². The number of thiophene rings is 1. The SMILES string of the molecule is CCC(CC)CNC(=O)c1cc(C)c(C)s1. The van der Waals surface area contributed by atoms with E-state index >= 15 is 0 Å². The molecule has 0 aromatic carbocycles. The van der Waals surface area contributed by atoms with Crippen LogP contribution in [0.25, 0.3) is 0 Å². The van der Waals surface area contributed by atoms with Gasteiger partial charge in [-0.1, -0.05) is 26.7 Å². The van der Waals surface area contributed by atoms with E-state index in [9.17, 15) is 4.79 Å². The lowest BCUT2D eigenvalue weighted by molar-refractivity contribution is 0.0950. The van der Waals surface area contributed by atoms with E-state index in [-0.39, 0.29) is 5.91 Å². The van der Waals surface area contributed by atoms with Crippen LogP contribution in [-0.2, 0) is 0 Å². The first-order valence-corrected chi connectivity index (χ1v) is 6.75. The van der Waals surface area contributed by atoms with Crippen molar-refractivity contribution in [2.24, 2.45) is 5.92 Å². The van der Waals surface area contributed by atoms with E-state index < -0.39 is 0 Å². The Hall–Kier alpha value is -0.830. The molecule has 0 saturated carbocycles. The molecule has 1 amide bonds. The quantitative estimate of drug-likeness (QED) is 0.836. The Balaban J connectivity index is 2.52. The van der Waals surface area contributed by atoms with Gasteiger partial charge in [0.15, 0.2) is 0 Å². The lowest BCUT2D eigenvalue weighted by Crippen LogP contribution is -2.28. The van der Waals surface area contributed by atoms with E-state index in [1.807, 2.05) is 13.0 Å². The fourth-order valence-corrected chi connectivity index (χ4v) is 2.54. The van der Waals surface area contributed by atoms with Crippen molar-refractivity contribution < 1.29 is 4.79 Å². The van der Waals surface area contributed by atoms with Gasteiger partial charge in [0, 0.05) is 11.4 Å². The van der Waals surface area contributed by atoms with Crippen LogP contribution in [0.15, 0.2) is 6.07 Å². The largest absolute Gasteiger partial charge is 0.351 e. The fraction of sp³-hybridized carbons (Fsp3) is 0.615. The Labute approximate surface area is 102 Å². The van der Waals surface area contributed by atoms with E-state index in [2.05, 4.69) is 26.1 Å². The van der Waals surface area contributed by atoms with Gasteiger partial charge < -0.3 is 5.32 Å². The normalized spacial score (nSPS) is 10.8. The highest BCUT2D eigenvalue weighted by molar-refractivity contribution is 7.14. The number of aryl methyl sites for hydroxylation is 2. The highest BCUT2D eigenvalue weighted by atomic mass is 32.1. The molecule has 1 aromatic rings. The summed E-state index contributed by atoms with van der Waals surface area (Å²) < 4.78 is 0. The van der Waals surface area contributed by atoms with Crippen LogP contribution in [0.5, 0.6) is 0 Å². The van der Waals surface area contributed by atoms with Gasteiger partial charge in [-0.25, -0.2) is 0 Å². The summed E-state index contributed by atoms with van der Waals surface area (Å²) >= 11 is 1.58. The van der Waals surface area contributed by atoms with Crippen LogP contribution in [0.2, 0.25) is 0 Å². The van der Waals surface area contributed by atoms with E-state index in [1.54, 1.807) is 11.3 Å². The van der Waals surface area contributed by atoms with Crippen molar-refractivity contribution in [3.05, 3.63) is 21.4 Å². The summed E-state index contributed by atoms with van der Waals surface area (Å²) in [6.07, 6.45) is 2.25. The zero-order chi connectivity index (χ0) is 12.1. The smallest absolute Gasteiger partial charge is 0.261 e. The second-order valence-electron chi connectivity index (χ2n) is 4.24. The zero-order valence-electron chi connectivity index (χ0n) is 10.6. The highest BCUT2D eigenvalue weighted by Crippen LogP contribution is 2.20. The first kappa shape index (κ1) is 13.2. The molecule has 1 heterocycles. The van der Waals surface area contributed by atoms with Crippen molar-refractivity contribution in [2.45, 2.75) is 40.5 Å². The summed E-state index contributed by atoms with van der Waals surface area (Å²) in [5.41, 5.74) is 1.21. The Bertz CT molecular complexity index is 333. The van der Waals surface area contributed by atoms with Gasteiger partial charge in [-0.05, 0) is 31.4 Å². The number of rotatable bonds is 5. The molecule has 3 heteroatoms. The summed E-state index contributed by atoms with van der Waals surface area (Å²) in [4.78, 5) is 13.9. The zero-order valence-corrected chi connectivity index (χ0v) is 11.4. The number of nitrogens with one attached hydrogen (secondary N) is 1. The third-order valence-electron chi connectivity index (χ3n) is 3.10. The molecule has 1 rings (SSSR count). The molecule has 0 bridgehead atoms. The fourth-order valence-electron chi connectivity index (χ4n) is 1.59. The third-order valence-corrected chi connectivity index (χ3v) is 4.25. The molecule has 0 radical (unpaired) electrons. The van der Waals surface area contributed by atoms with Crippen molar-refractivity contribution in [3.8, 4) is 0 Å². The Kier molecular flexibility index (Phi) is 5.00. The third kappa shape index (κ3) is 3.34. The van der Waals surface area contributed by atoms with Gasteiger partial charge in [-0.2, -0.15) is 0 Å². The van der Waals surface area contributed by atoms with Crippen LogP contribution >= 0.6 is 11.3 Å². The summed E-state index contributed by atoms with van der Waals surface area (Å²) in [5, 5.41) is 3.01. The maximum absolute atomic E-state index is 11.8. The van der Waals surface area contributed by atoms with Gasteiger partial charge in [-0.15, -0.1) is 11.3 Å². The molecule has 0 atom stereocenters. The highest BCUT2D eigenvalue weighted by Gasteiger charge is 2.11. The van der Waals surface area contributed by atoms with E-state index in [0.29, 0.717) is 5.92 Å². The first-order chi connectivity index (χ1) is 7.58. The standard InChI is InChI=1S/C13H21NOS/c1-5-11(6-2)8-14-13(15)12-7-9(3)10(4)16-12/h7,11H,5-6,8H2,1-4H3,(H,14,15). The summed E-state index contributed by atoms with van der Waals surface area (Å²) in [7, 11) is 0. The minimum Gasteiger partial charge on any atom is -0.351 e. The molecule has 0 aliphatic heterocycles. The maximum Gasteiger partial charge on any atom is 0.261 e. The summed E-state index contributed by atoms with van der Waals surface area (Å²) in [5.74, 6) is 0.680. The monoisotopic (exact) mass is 239 g/mol. The van der Waals surface area contributed by atoms with Gasteiger partial charge in [0.1, 0.15) is 0 Å². The molecule has 1 N–H and O–H groups in total. The van der Waals surface area contributed by atoms with Crippen LogP contribution in [0.4, 0.5) is 0 Å². The second-order valence-corrected chi connectivity index (χ2v) is 5.50. The number of hydrogen-bond acceptors (Lipinski definition) is 2. The lowest BCUT2D eigenvalue weighted by Gasteiger charge is -2.12. The Morgan fingerprint density at radius 1 is 1.38 bits per heavy atom. The molecular weight excluding hydrogens is 218 g/mol. The van der Waals surface area contributed by atoms with E-state index in [1.165, 1.54) is 10.4 Å². The predicted octanol–water partition coefficient (Wildman–Crippen LogP) is 3.53. The molecule has 0 unspecified atom stereocenters. The van der Waals surface area contributed by atoms with Gasteiger partial charge in [-0.3, -0.25) is 4.79 Å². The Morgan fingerprint density at radius 3 is 2.44 bits per heavy atom. The number of amides is 1. The van der Waals surface area contributed by atoms with E-state index in [4.69, 9.17) is 0 Å². The summed E-state index contributed by atoms with van der Waals surface area (Å²) in [6.45, 7) is 9.22. The molecule has 0 spiro atoms. The first-order valence-electron chi connectivity index (χ1n) is 5.93. The average Bonchev–Trinajstić information content (AvgIpc) is 2.60. The van der Waals surface area contributed by atoms with Gasteiger partial charge in [0.2, 0.25) is 0 Å². The molecule has 1 aromatic heterocycles. The molecule has 0 fully saturated rings. The topological polar surface area (TPSA) is 29.1 Å². The van der Waals surface area contributed by atoms with Crippen LogP contribution < -0.4 is 5.32 Å². The molecular formula is C13H21NOS. The van der Waals surface area contributed by atoms with Crippen molar-refractivity contribution >= 4 is 17.2 Å². The lowest BCUT2D eigenvalue weighted by atomic mass is 10.0. The van der Waals surface area contributed by atoms with E-state index in [0.717, 1.165) is 24.3 Å². The van der Waals surface area contributed by atoms with Crippen molar-refractivity contribution in [3.63, 3.8) is 0 Å². The minimum absolute atomic E-state index is 0.0769. The predicted molar refractivity (Wildman–Crippen MR) is 70.2 cm³/mol. The van der Waals surface area contributed by atoms with Gasteiger partial charge >= 0.3 is 0 Å². The molecule has 2 nitrogen and oxygen atoms in total. The van der Waals surface area contributed by atoms with Crippen molar-refractivity contribution in [2.75, 3.05) is 6.54 Å². The number of hydrogen-bond donors (Lipinski definition) is 1. The van der Waals surface area contributed by atoms with Crippen LogP contribution in [-0.4, -0.2) is 12.5 Å². The van der Waals surface area contributed by atoms with Crippen LogP contribution in [0.3, 0.4) is 0 Å². The number of carbonyl (C=O) groups is 1. The maximum atomic E-state index is 11.8. The second kappa shape index (κ2) is 6.04. The van der Waals surface area contributed by atoms with Crippen LogP contribution in [0, 0.1) is 19.8 Å². The van der Waals surface area contributed by atoms with Gasteiger partial charge in [0.25, 0.3) is 5.91 Å². The minimum atomic E-state index is 0.0769. The molecule has 16 heavy (non-hydrogen) atoms. The molecule has 0 saturated heterocycles. The van der Waals surface area contributed by atoms with Crippen molar-refractivity contribution in [1.29, 1.82) is 0 Å². The number of carbonyl (C=O) groups excluding carboxylic acids is 1. The van der Waals surface area contributed by atoms with Gasteiger partial charge in [0.05, 0.1) is 4.88 Å². The summed E-state index contributed by atoms with van der Waals surface area (Å²) in [6, 6.07) is 1.97.